The van der Waals surface area contributed by atoms with Gasteiger partial charge in [0, 0.05) is 0 Å². The molecule has 0 N–H and O–H groups in total. The first-order valence-corrected chi connectivity index (χ1v) is 4.14. The molecule has 0 radical (unpaired) electrons. The Morgan fingerprint density at radius 2 is 2.33 bits per heavy atom. The quantitative estimate of drug-likeness (QED) is 0.510. The minimum absolute atomic E-state index is 0.741. The summed E-state index contributed by atoms with van der Waals surface area (Å²) in [4.78, 5) is 0. The fourth-order valence-electron chi connectivity index (χ4n) is 1.08. The molecule has 1 aliphatic carbocycles. The van der Waals surface area contributed by atoms with E-state index in [9.17, 15) is 0 Å². The maximum atomic E-state index is 2.30. The maximum absolute atomic E-state index is 2.30. The van der Waals surface area contributed by atoms with Gasteiger partial charge < -0.3 is 0 Å². The van der Waals surface area contributed by atoms with Crippen LogP contribution in [0, 0.1) is 5.92 Å². The van der Waals surface area contributed by atoms with Crippen LogP contribution in [0.1, 0.15) is 20.3 Å². The summed E-state index contributed by atoms with van der Waals surface area (Å²) in [5, 5.41) is 0. The Bertz CT molecular complexity index is 165. The van der Waals surface area contributed by atoms with Crippen molar-refractivity contribution in [2.75, 3.05) is 0 Å². The molecule has 0 bridgehead atoms. The Balaban J connectivity index is 2.74. The van der Waals surface area contributed by atoms with Crippen molar-refractivity contribution in [2.45, 2.75) is 20.3 Å². The Morgan fingerprint density at radius 1 is 1.67 bits per heavy atom. The zero-order valence-electron chi connectivity index (χ0n) is 5.94. The van der Waals surface area contributed by atoms with E-state index in [-0.39, 0.29) is 0 Å². The van der Waals surface area contributed by atoms with E-state index in [1.807, 2.05) is 0 Å². The van der Waals surface area contributed by atoms with Gasteiger partial charge in [0.15, 0.2) is 0 Å². The van der Waals surface area contributed by atoms with Gasteiger partial charge in [0.1, 0.15) is 0 Å². The monoisotopic (exact) mass is 155 g/mol. The number of hydrogen-bond donors (Lipinski definition) is 0. The molecule has 1 aliphatic rings. The van der Waals surface area contributed by atoms with E-state index in [1.54, 1.807) is 3.88 Å². The molecule has 0 aromatic carbocycles. The summed E-state index contributed by atoms with van der Waals surface area (Å²) in [5.41, 5.74) is 1.46. The zero-order chi connectivity index (χ0) is 6.85. The summed E-state index contributed by atoms with van der Waals surface area (Å²) >= 11 is 2.23. The van der Waals surface area contributed by atoms with E-state index in [0.717, 1.165) is 5.92 Å². The summed E-state index contributed by atoms with van der Waals surface area (Å²) in [5.74, 6) is 0.741. The van der Waals surface area contributed by atoms with Crippen molar-refractivity contribution < 1.29 is 20.4 Å². The van der Waals surface area contributed by atoms with Gasteiger partial charge in [-0.25, -0.2) is 0 Å². The molecule has 9 heavy (non-hydrogen) atoms. The van der Waals surface area contributed by atoms with E-state index >= 15 is 0 Å². The second-order valence-electron chi connectivity index (χ2n) is 2.47. The SMILES string of the molecule is CCC1C=CC(C)=[C]1[Ti]. The molecule has 0 nitrogen and oxygen atoms in total. The molecule has 1 rings (SSSR count). The molecule has 1 heteroatoms. The molecule has 1 atom stereocenters. The fourth-order valence-corrected chi connectivity index (χ4v) is 1.68. The van der Waals surface area contributed by atoms with Gasteiger partial charge in [-0.15, -0.1) is 0 Å². The van der Waals surface area contributed by atoms with Crippen LogP contribution in [0.2, 0.25) is 0 Å². The average Bonchev–Trinajstić information content (AvgIpc) is 2.15. The molecule has 0 heterocycles. The van der Waals surface area contributed by atoms with Crippen LogP contribution >= 0.6 is 0 Å². The van der Waals surface area contributed by atoms with Gasteiger partial charge in [-0.3, -0.25) is 0 Å². The third-order valence-corrected chi connectivity index (χ3v) is 3.01. The Labute approximate surface area is 68.4 Å². The van der Waals surface area contributed by atoms with Gasteiger partial charge in [0.2, 0.25) is 0 Å². The summed E-state index contributed by atoms with van der Waals surface area (Å²) in [6.07, 6.45) is 5.77. The van der Waals surface area contributed by atoms with Gasteiger partial charge in [-0.05, 0) is 0 Å². The summed E-state index contributed by atoms with van der Waals surface area (Å²) in [6, 6.07) is 0. The van der Waals surface area contributed by atoms with Crippen LogP contribution in [-0.4, -0.2) is 0 Å². The molecule has 1 unspecified atom stereocenters. The van der Waals surface area contributed by atoms with Crippen molar-refractivity contribution in [1.29, 1.82) is 0 Å². The Morgan fingerprint density at radius 3 is 2.56 bits per heavy atom. The second kappa shape index (κ2) is 2.85. The average molecular weight is 155 g/mol. The van der Waals surface area contributed by atoms with Crippen molar-refractivity contribution in [3.05, 3.63) is 21.6 Å². The number of allylic oxidation sites excluding steroid dienone is 4. The normalized spacial score (nSPS) is 25.7. The van der Waals surface area contributed by atoms with Crippen molar-refractivity contribution in [3.8, 4) is 0 Å². The molecular weight excluding hydrogens is 144 g/mol. The molecule has 0 amide bonds. The van der Waals surface area contributed by atoms with Crippen LogP contribution in [-0.2, 0) is 20.4 Å². The van der Waals surface area contributed by atoms with Gasteiger partial charge in [0.05, 0.1) is 0 Å². The molecule has 0 spiro atoms. The molecular formula is C8H11Ti. The summed E-state index contributed by atoms with van der Waals surface area (Å²) < 4.78 is 1.55. The predicted molar refractivity (Wildman–Crippen MR) is 35.6 cm³/mol. The third kappa shape index (κ3) is 1.36. The topological polar surface area (TPSA) is 0 Å². The number of rotatable bonds is 1. The van der Waals surface area contributed by atoms with E-state index < -0.39 is 0 Å². The van der Waals surface area contributed by atoms with Gasteiger partial charge in [-0.2, -0.15) is 0 Å². The fraction of sp³-hybridized carbons (Fsp3) is 0.500. The standard InChI is InChI=1S/C8H11.Ti/c1-3-8-5-4-7(2)6-8;/h4-5,8H,3H2,1-2H3;. The molecule has 0 aromatic rings. The molecule has 0 aliphatic heterocycles. The van der Waals surface area contributed by atoms with Crippen LogP contribution in [0.3, 0.4) is 0 Å². The van der Waals surface area contributed by atoms with Crippen LogP contribution < -0.4 is 0 Å². The van der Waals surface area contributed by atoms with Crippen LogP contribution in [0.25, 0.3) is 0 Å². The minimum atomic E-state index is 0.741. The van der Waals surface area contributed by atoms with E-state index in [4.69, 9.17) is 0 Å². The number of hydrogen-bond acceptors (Lipinski definition) is 0. The van der Waals surface area contributed by atoms with E-state index in [0.29, 0.717) is 0 Å². The van der Waals surface area contributed by atoms with E-state index in [1.165, 1.54) is 12.0 Å². The van der Waals surface area contributed by atoms with Gasteiger partial charge in [0.25, 0.3) is 0 Å². The van der Waals surface area contributed by atoms with Crippen LogP contribution in [0.15, 0.2) is 21.6 Å². The molecule has 0 saturated carbocycles. The summed E-state index contributed by atoms with van der Waals surface area (Å²) in [7, 11) is 0. The zero-order valence-corrected chi connectivity index (χ0v) is 7.50. The van der Waals surface area contributed by atoms with Crippen LogP contribution in [0.4, 0.5) is 0 Å². The first kappa shape index (κ1) is 7.30. The molecule has 0 saturated heterocycles. The Kier molecular flexibility index (Phi) is 2.31. The van der Waals surface area contributed by atoms with Gasteiger partial charge >= 0.3 is 68.2 Å². The second-order valence-corrected chi connectivity index (χ2v) is 3.31. The first-order valence-electron chi connectivity index (χ1n) is 3.36. The first-order chi connectivity index (χ1) is 4.25. The molecule has 0 aromatic heterocycles. The third-order valence-electron chi connectivity index (χ3n) is 1.81. The van der Waals surface area contributed by atoms with Crippen molar-refractivity contribution in [3.63, 3.8) is 0 Å². The van der Waals surface area contributed by atoms with Gasteiger partial charge in [-0.1, -0.05) is 0 Å². The van der Waals surface area contributed by atoms with Crippen molar-refractivity contribution in [1.82, 2.24) is 0 Å². The van der Waals surface area contributed by atoms with Crippen molar-refractivity contribution >= 4 is 0 Å². The molecule has 0 fully saturated rings. The van der Waals surface area contributed by atoms with Crippen LogP contribution in [0.5, 0.6) is 0 Å². The van der Waals surface area contributed by atoms with Crippen molar-refractivity contribution in [2.24, 2.45) is 5.92 Å². The molecule has 47 valence electrons. The Hall–Kier alpha value is 0.194. The predicted octanol–water partition coefficient (Wildman–Crippen LogP) is 2.40. The van der Waals surface area contributed by atoms with E-state index in [2.05, 4.69) is 46.4 Å². The summed E-state index contributed by atoms with van der Waals surface area (Å²) in [6.45, 7) is 4.42.